The number of anilines is 2. The Hall–Kier alpha value is -1.25. The summed E-state index contributed by atoms with van der Waals surface area (Å²) in [5.41, 5.74) is 3.63. The molecule has 0 atom stereocenters. The zero-order valence-electron chi connectivity index (χ0n) is 9.67. The fraction of sp³-hybridized carbons (Fsp3) is 0.0714. The van der Waals surface area contributed by atoms with Crippen LogP contribution in [-0.4, -0.2) is 0 Å². The van der Waals surface area contributed by atoms with Crippen molar-refractivity contribution >= 4 is 45.6 Å². The van der Waals surface area contributed by atoms with Crippen LogP contribution in [-0.2, 0) is 0 Å². The van der Waals surface area contributed by atoms with E-state index in [0.717, 1.165) is 25.5 Å². The van der Waals surface area contributed by atoms with Crippen LogP contribution in [0.5, 0.6) is 0 Å². The van der Waals surface area contributed by atoms with Crippen LogP contribution in [0.3, 0.4) is 0 Å². The van der Waals surface area contributed by atoms with E-state index in [0.29, 0.717) is 5.56 Å². The minimum atomic E-state index is 0.700. The van der Waals surface area contributed by atoms with Gasteiger partial charge in [0.15, 0.2) is 0 Å². The Kier molecular flexibility index (Phi) is 4.10. The highest BCUT2D eigenvalue weighted by Crippen LogP contribution is 2.26. The molecule has 0 spiro atoms. The van der Waals surface area contributed by atoms with Crippen LogP contribution in [0.1, 0.15) is 11.1 Å². The Balaban J connectivity index is 2.29. The van der Waals surface area contributed by atoms with Gasteiger partial charge in [-0.3, -0.25) is 0 Å². The highest BCUT2D eigenvalue weighted by atomic mass is 127. The number of nitriles is 1. The number of hydrogen-bond donors (Lipinski definition) is 1. The van der Waals surface area contributed by atoms with Gasteiger partial charge in [0.1, 0.15) is 0 Å². The third-order valence-electron chi connectivity index (χ3n) is 2.56. The third-order valence-corrected chi connectivity index (χ3v) is 3.68. The van der Waals surface area contributed by atoms with Gasteiger partial charge in [-0.05, 0) is 71.5 Å². The predicted octanol–water partition coefficient (Wildman–Crippen LogP) is 4.87. The van der Waals surface area contributed by atoms with Crippen LogP contribution in [0.15, 0.2) is 36.4 Å². The number of benzene rings is 2. The molecule has 0 aliphatic heterocycles. The Morgan fingerprint density at radius 3 is 2.61 bits per heavy atom. The monoisotopic (exact) mass is 368 g/mol. The van der Waals surface area contributed by atoms with Gasteiger partial charge in [0, 0.05) is 14.3 Å². The molecule has 1 N–H and O–H groups in total. The first-order valence-corrected chi connectivity index (χ1v) is 6.78. The molecule has 0 heterocycles. The number of nitrogens with one attached hydrogen (secondary N) is 1. The molecule has 18 heavy (non-hydrogen) atoms. The minimum Gasteiger partial charge on any atom is -0.355 e. The molecule has 0 radical (unpaired) electrons. The molecule has 0 fully saturated rings. The Morgan fingerprint density at radius 1 is 1.22 bits per heavy atom. The second-order valence-electron chi connectivity index (χ2n) is 3.89. The molecule has 0 unspecified atom stereocenters. The summed E-state index contributed by atoms with van der Waals surface area (Å²) in [4.78, 5) is 0. The van der Waals surface area contributed by atoms with Crippen molar-refractivity contribution in [3.05, 3.63) is 56.1 Å². The Bertz CT molecular complexity index is 632. The van der Waals surface area contributed by atoms with E-state index in [1.165, 1.54) is 0 Å². The van der Waals surface area contributed by atoms with Crippen molar-refractivity contribution < 1.29 is 0 Å². The molecular formula is C14H10ClIN2. The maximum Gasteiger partial charge on any atom is 0.0994 e. The number of hydrogen-bond acceptors (Lipinski definition) is 2. The van der Waals surface area contributed by atoms with Crippen molar-refractivity contribution in [3.8, 4) is 6.07 Å². The van der Waals surface area contributed by atoms with Crippen molar-refractivity contribution in [2.24, 2.45) is 0 Å². The van der Waals surface area contributed by atoms with E-state index in [2.05, 4.69) is 34.0 Å². The Morgan fingerprint density at radius 2 is 2.00 bits per heavy atom. The lowest BCUT2D eigenvalue weighted by atomic mass is 10.1. The minimum absolute atomic E-state index is 0.700. The van der Waals surface area contributed by atoms with Gasteiger partial charge in [-0.2, -0.15) is 5.26 Å². The second-order valence-corrected chi connectivity index (χ2v) is 5.49. The average molecular weight is 369 g/mol. The van der Waals surface area contributed by atoms with Crippen LogP contribution in [0, 0.1) is 21.8 Å². The fourth-order valence-corrected chi connectivity index (χ4v) is 2.62. The van der Waals surface area contributed by atoms with E-state index in [4.69, 9.17) is 16.9 Å². The number of rotatable bonds is 2. The van der Waals surface area contributed by atoms with Gasteiger partial charge in [0.2, 0.25) is 0 Å². The van der Waals surface area contributed by atoms with E-state index in [-0.39, 0.29) is 0 Å². The van der Waals surface area contributed by atoms with Crippen LogP contribution in [0.4, 0.5) is 11.4 Å². The lowest BCUT2D eigenvalue weighted by molar-refractivity contribution is 1.38. The summed E-state index contributed by atoms with van der Waals surface area (Å²) in [5, 5.41) is 12.9. The molecule has 0 aliphatic carbocycles. The standard InChI is InChI=1S/C14H10ClIN2/c1-9-6-12(4-2-10(9)8-17)18-14-5-3-11(15)7-13(14)16/h2-7,18H,1H3. The molecule has 0 aromatic heterocycles. The summed E-state index contributed by atoms with van der Waals surface area (Å²) in [7, 11) is 0. The molecule has 4 heteroatoms. The van der Waals surface area contributed by atoms with Crippen molar-refractivity contribution in [2.75, 3.05) is 5.32 Å². The topological polar surface area (TPSA) is 35.8 Å². The molecule has 0 saturated heterocycles. The van der Waals surface area contributed by atoms with Gasteiger partial charge in [-0.1, -0.05) is 11.6 Å². The maximum atomic E-state index is 8.89. The molecule has 90 valence electrons. The molecule has 0 bridgehead atoms. The van der Waals surface area contributed by atoms with Crippen LogP contribution < -0.4 is 5.32 Å². The molecular weight excluding hydrogens is 359 g/mol. The van der Waals surface area contributed by atoms with Gasteiger partial charge < -0.3 is 5.32 Å². The second kappa shape index (κ2) is 5.59. The SMILES string of the molecule is Cc1cc(Nc2ccc(Cl)cc2I)ccc1C#N. The zero-order chi connectivity index (χ0) is 13.1. The molecule has 0 aliphatic rings. The quantitative estimate of drug-likeness (QED) is 0.768. The Labute approximate surface area is 125 Å². The predicted molar refractivity (Wildman–Crippen MR) is 83.3 cm³/mol. The molecule has 0 amide bonds. The number of nitrogens with zero attached hydrogens (tertiary/aromatic N) is 1. The van der Waals surface area contributed by atoms with Crippen LogP contribution in [0.2, 0.25) is 5.02 Å². The first-order valence-electron chi connectivity index (χ1n) is 5.33. The van der Waals surface area contributed by atoms with Crippen molar-refractivity contribution in [1.29, 1.82) is 5.26 Å². The molecule has 2 nitrogen and oxygen atoms in total. The number of halogens is 2. The molecule has 0 saturated carbocycles. The van der Waals surface area contributed by atoms with E-state index < -0.39 is 0 Å². The first-order chi connectivity index (χ1) is 8.60. The lowest BCUT2D eigenvalue weighted by Crippen LogP contribution is -1.94. The highest BCUT2D eigenvalue weighted by molar-refractivity contribution is 14.1. The van der Waals surface area contributed by atoms with E-state index in [9.17, 15) is 0 Å². The van der Waals surface area contributed by atoms with E-state index >= 15 is 0 Å². The number of aryl methyl sites for hydroxylation is 1. The summed E-state index contributed by atoms with van der Waals surface area (Å²) in [6, 6.07) is 13.5. The van der Waals surface area contributed by atoms with Crippen LogP contribution in [0.25, 0.3) is 0 Å². The third kappa shape index (κ3) is 2.95. The highest BCUT2D eigenvalue weighted by Gasteiger charge is 2.03. The smallest absolute Gasteiger partial charge is 0.0994 e. The van der Waals surface area contributed by atoms with Gasteiger partial charge in [0.05, 0.1) is 17.3 Å². The zero-order valence-corrected chi connectivity index (χ0v) is 12.6. The van der Waals surface area contributed by atoms with Crippen LogP contribution >= 0.6 is 34.2 Å². The summed E-state index contributed by atoms with van der Waals surface area (Å²) in [6.07, 6.45) is 0. The summed E-state index contributed by atoms with van der Waals surface area (Å²) >= 11 is 8.15. The maximum absolute atomic E-state index is 8.89. The first kappa shape index (κ1) is 13.2. The van der Waals surface area contributed by atoms with Gasteiger partial charge >= 0.3 is 0 Å². The summed E-state index contributed by atoms with van der Waals surface area (Å²) < 4.78 is 1.06. The molecule has 2 rings (SSSR count). The lowest BCUT2D eigenvalue weighted by Gasteiger charge is -2.10. The van der Waals surface area contributed by atoms with Gasteiger partial charge in [-0.25, -0.2) is 0 Å². The van der Waals surface area contributed by atoms with Gasteiger partial charge in [0.25, 0.3) is 0 Å². The molecule has 2 aromatic carbocycles. The molecule has 2 aromatic rings. The largest absolute Gasteiger partial charge is 0.355 e. The summed E-state index contributed by atoms with van der Waals surface area (Å²) in [6.45, 7) is 1.93. The van der Waals surface area contributed by atoms with Crippen molar-refractivity contribution in [3.63, 3.8) is 0 Å². The van der Waals surface area contributed by atoms with Gasteiger partial charge in [-0.15, -0.1) is 0 Å². The summed E-state index contributed by atoms with van der Waals surface area (Å²) in [5.74, 6) is 0. The fourth-order valence-electron chi connectivity index (χ4n) is 1.61. The van der Waals surface area contributed by atoms with E-state index in [1.807, 2.05) is 43.3 Å². The van der Waals surface area contributed by atoms with E-state index in [1.54, 1.807) is 0 Å². The normalized spacial score (nSPS) is 9.89. The average Bonchev–Trinajstić information content (AvgIpc) is 2.33. The van der Waals surface area contributed by atoms with Crippen molar-refractivity contribution in [2.45, 2.75) is 6.92 Å². The van der Waals surface area contributed by atoms with Crippen molar-refractivity contribution in [1.82, 2.24) is 0 Å².